The number of nitrogens with one attached hydrogen (secondary N) is 1. The summed E-state index contributed by atoms with van der Waals surface area (Å²) >= 11 is 0. The number of hydrogen-bond acceptors (Lipinski definition) is 5. The molecule has 0 bridgehead atoms. The van der Waals surface area contributed by atoms with Crippen LogP contribution >= 0.6 is 0 Å². The van der Waals surface area contributed by atoms with Crippen molar-refractivity contribution in [2.75, 3.05) is 51.4 Å². The lowest BCUT2D eigenvalue weighted by Gasteiger charge is -2.16. The zero-order valence-corrected chi connectivity index (χ0v) is 10.2. The first-order chi connectivity index (χ1) is 7.63. The van der Waals surface area contributed by atoms with Gasteiger partial charge in [0.1, 0.15) is 0 Å². The van der Waals surface area contributed by atoms with Crippen LogP contribution < -0.4 is 11.1 Å². The molecule has 3 N–H and O–H groups in total. The number of anilines is 2. The van der Waals surface area contributed by atoms with Crippen molar-refractivity contribution in [3.8, 4) is 0 Å². The van der Waals surface area contributed by atoms with Crippen molar-refractivity contribution < 1.29 is 4.74 Å². The quantitative estimate of drug-likeness (QED) is 0.686. The molecule has 0 unspecified atom stereocenters. The second-order valence-electron chi connectivity index (χ2n) is 3.83. The molecule has 0 aliphatic heterocycles. The Bertz CT molecular complexity index is 312. The van der Waals surface area contributed by atoms with Crippen molar-refractivity contribution in [3.05, 3.63) is 6.20 Å². The minimum absolute atomic E-state index is 0.682. The fraction of sp³-hybridized carbons (Fsp3) is 0.700. The van der Waals surface area contributed by atoms with E-state index in [0.29, 0.717) is 5.69 Å². The number of aromatic nitrogens is 2. The Morgan fingerprint density at radius 2 is 2.31 bits per heavy atom. The maximum Gasteiger partial charge on any atom is 0.171 e. The number of ether oxygens (including phenoxy) is 1. The van der Waals surface area contributed by atoms with Crippen molar-refractivity contribution in [2.24, 2.45) is 7.05 Å². The van der Waals surface area contributed by atoms with E-state index in [1.54, 1.807) is 18.0 Å². The summed E-state index contributed by atoms with van der Waals surface area (Å²) in [5.74, 6) is 0.752. The van der Waals surface area contributed by atoms with Gasteiger partial charge in [0.05, 0.1) is 12.3 Å². The molecule has 0 aliphatic carbocycles. The summed E-state index contributed by atoms with van der Waals surface area (Å²) in [7, 11) is 5.62. The number of rotatable bonds is 7. The van der Waals surface area contributed by atoms with Crippen LogP contribution in [0.15, 0.2) is 6.20 Å². The van der Waals surface area contributed by atoms with Crippen molar-refractivity contribution in [1.29, 1.82) is 0 Å². The smallest absolute Gasteiger partial charge is 0.171 e. The van der Waals surface area contributed by atoms with Crippen LogP contribution in [0.25, 0.3) is 0 Å². The Balaban J connectivity index is 2.22. The normalized spacial score (nSPS) is 11.0. The van der Waals surface area contributed by atoms with E-state index in [4.69, 9.17) is 10.5 Å². The van der Waals surface area contributed by atoms with Gasteiger partial charge in [-0.05, 0) is 7.05 Å². The molecule has 0 aromatic carbocycles. The van der Waals surface area contributed by atoms with Crippen molar-refractivity contribution in [3.63, 3.8) is 0 Å². The molecule has 0 atom stereocenters. The van der Waals surface area contributed by atoms with Gasteiger partial charge < -0.3 is 20.7 Å². The summed E-state index contributed by atoms with van der Waals surface area (Å²) in [6.07, 6.45) is 1.79. The van der Waals surface area contributed by atoms with Gasteiger partial charge in [0, 0.05) is 40.0 Å². The fourth-order valence-corrected chi connectivity index (χ4v) is 1.37. The molecular weight excluding hydrogens is 206 g/mol. The number of nitrogen functional groups attached to an aromatic ring is 1. The van der Waals surface area contributed by atoms with Gasteiger partial charge in [0.25, 0.3) is 0 Å². The number of likely N-dealkylation sites (N-methyl/N-ethyl adjacent to an activating group) is 1. The van der Waals surface area contributed by atoms with Crippen LogP contribution in [0.3, 0.4) is 0 Å². The number of methoxy groups -OCH3 is 1. The molecule has 1 heterocycles. The van der Waals surface area contributed by atoms with E-state index in [1.165, 1.54) is 0 Å². The molecule has 0 aliphatic rings. The summed E-state index contributed by atoms with van der Waals surface area (Å²) in [4.78, 5) is 2.19. The Morgan fingerprint density at radius 3 is 2.88 bits per heavy atom. The van der Waals surface area contributed by atoms with Crippen molar-refractivity contribution in [2.45, 2.75) is 0 Å². The summed E-state index contributed by atoms with van der Waals surface area (Å²) in [6, 6.07) is 0. The Hall–Kier alpha value is -1.27. The summed E-state index contributed by atoms with van der Waals surface area (Å²) in [5, 5.41) is 7.41. The second kappa shape index (κ2) is 6.34. The number of hydrogen-bond donors (Lipinski definition) is 2. The van der Waals surface area contributed by atoms with Gasteiger partial charge in [-0.25, -0.2) is 0 Å². The third-order valence-corrected chi connectivity index (χ3v) is 2.32. The van der Waals surface area contributed by atoms with Crippen molar-refractivity contribution in [1.82, 2.24) is 14.7 Å². The van der Waals surface area contributed by atoms with Gasteiger partial charge in [-0.15, -0.1) is 0 Å². The lowest BCUT2D eigenvalue weighted by molar-refractivity contribution is 0.163. The molecule has 0 radical (unpaired) electrons. The van der Waals surface area contributed by atoms with E-state index in [1.807, 2.05) is 7.05 Å². The van der Waals surface area contributed by atoms with E-state index in [2.05, 4.69) is 22.4 Å². The minimum atomic E-state index is 0.682. The van der Waals surface area contributed by atoms with Crippen LogP contribution in [0, 0.1) is 0 Å². The maximum absolute atomic E-state index is 5.76. The molecule has 1 aromatic rings. The molecular formula is C10H21N5O. The van der Waals surface area contributed by atoms with Crippen LogP contribution in [0.5, 0.6) is 0 Å². The Morgan fingerprint density at radius 1 is 1.56 bits per heavy atom. The largest absolute Gasteiger partial charge is 0.394 e. The molecule has 92 valence electrons. The molecule has 0 amide bonds. The summed E-state index contributed by atoms with van der Waals surface area (Å²) < 4.78 is 6.70. The first-order valence-electron chi connectivity index (χ1n) is 5.34. The first kappa shape index (κ1) is 12.8. The Kier molecular flexibility index (Phi) is 5.07. The monoisotopic (exact) mass is 227 g/mol. The zero-order valence-electron chi connectivity index (χ0n) is 10.2. The standard InChI is InChI=1S/C10H21N5O/c1-14(6-7-16-3)5-4-12-10-9(11)8-15(2)13-10/h8H,4-7,11H2,1-3H3,(H,12,13). The van der Waals surface area contributed by atoms with Gasteiger partial charge in [0.15, 0.2) is 5.82 Å². The maximum atomic E-state index is 5.76. The van der Waals surface area contributed by atoms with E-state index in [-0.39, 0.29) is 0 Å². The summed E-state index contributed by atoms with van der Waals surface area (Å²) in [5.41, 5.74) is 6.44. The average Bonchev–Trinajstić information content (AvgIpc) is 2.55. The van der Waals surface area contributed by atoms with Crippen molar-refractivity contribution >= 4 is 11.5 Å². The number of nitrogens with zero attached hydrogens (tertiary/aromatic N) is 3. The molecule has 1 rings (SSSR count). The highest BCUT2D eigenvalue weighted by Gasteiger charge is 2.03. The van der Waals surface area contributed by atoms with E-state index >= 15 is 0 Å². The Labute approximate surface area is 96.4 Å². The topological polar surface area (TPSA) is 68.3 Å². The van der Waals surface area contributed by atoms with E-state index in [9.17, 15) is 0 Å². The predicted octanol–water partition coefficient (Wildman–Crippen LogP) is -0.00760. The number of aryl methyl sites for hydroxylation is 1. The van der Waals surface area contributed by atoms with Gasteiger partial charge in [-0.1, -0.05) is 0 Å². The molecule has 6 nitrogen and oxygen atoms in total. The van der Waals surface area contributed by atoms with Gasteiger partial charge in [-0.2, -0.15) is 5.10 Å². The van der Waals surface area contributed by atoms with E-state index < -0.39 is 0 Å². The zero-order chi connectivity index (χ0) is 12.0. The molecule has 0 saturated carbocycles. The molecule has 0 fully saturated rings. The fourth-order valence-electron chi connectivity index (χ4n) is 1.37. The molecule has 0 spiro atoms. The van der Waals surface area contributed by atoms with Crippen LogP contribution in [0.1, 0.15) is 0 Å². The lowest BCUT2D eigenvalue weighted by Crippen LogP contribution is -2.28. The molecule has 0 saturated heterocycles. The predicted molar refractivity (Wildman–Crippen MR) is 65.5 cm³/mol. The van der Waals surface area contributed by atoms with Crippen LogP contribution in [-0.4, -0.2) is 55.1 Å². The highest BCUT2D eigenvalue weighted by Crippen LogP contribution is 2.13. The van der Waals surface area contributed by atoms with Crippen LogP contribution in [0.2, 0.25) is 0 Å². The molecule has 1 aromatic heterocycles. The third-order valence-electron chi connectivity index (χ3n) is 2.32. The molecule has 16 heavy (non-hydrogen) atoms. The minimum Gasteiger partial charge on any atom is -0.394 e. The third kappa shape index (κ3) is 4.08. The molecule has 6 heteroatoms. The SMILES string of the molecule is COCCN(C)CCNc1nn(C)cc1N. The highest BCUT2D eigenvalue weighted by molar-refractivity contribution is 5.59. The summed E-state index contributed by atoms with van der Waals surface area (Å²) in [6.45, 7) is 3.43. The van der Waals surface area contributed by atoms with Gasteiger partial charge in [-0.3, -0.25) is 4.68 Å². The lowest BCUT2D eigenvalue weighted by atomic mass is 10.4. The number of nitrogens with two attached hydrogens (primary N) is 1. The average molecular weight is 227 g/mol. The van der Waals surface area contributed by atoms with E-state index in [0.717, 1.165) is 32.1 Å². The second-order valence-corrected chi connectivity index (χ2v) is 3.83. The highest BCUT2D eigenvalue weighted by atomic mass is 16.5. The first-order valence-corrected chi connectivity index (χ1v) is 5.34. The van der Waals surface area contributed by atoms with Gasteiger partial charge >= 0.3 is 0 Å². The van der Waals surface area contributed by atoms with Crippen LogP contribution in [-0.2, 0) is 11.8 Å². The van der Waals surface area contributed by atoms with Gasteiger partial charge in [0.2, 0.25) is 0 Å². The van der Waals surface area contributed by atoms with Crippen LogP contribution in [0.4, 0.5) is 11.5 Å².